The third-order valence-electron chi connectivity index (χ3n) is 16.1. The van der Waals surface area contributed by atoms with E-state index in [1.54, 1.807) is 0 Å². The third-order valence-corrected chi connectivity index (χ3v) is 18.0. The molecule has 584 valence electrons. The molecule has 3 N–H and O–H groups in total. The lowest BCUT2D eigenvalue weighted by molar-refractivity contribution is -0.161. The van der Waals surface area contributed by atoms with Crippen molar-refractivity contribution in [1.29, 1.82) is 0 Å². The van der Waals surface area contributed by atoms with Gasteiger partial charge < -0.3 is 33.8 Å². The molecule has 102 heavy (non-hydrogen) atoms. The molecule has 0 saturated heterocycles. The Bertz CT molecular complexity index is 2460. The Balaban J connectivity index is 5.42. The minimum Gasteiger partial charge on any atom is -0.462 e. The van der Waals surface area contributed by atoms with Gasteiger partial charge in [0.1, 0.15) is 19.3 Å². The lowest BCUT2D eigenvalue weighted by atomic mass is 10.1. The first-order valence-electron chi connectivity index (χ1n) is 39.4. The molecule has 5 atom stereocenters. The van der Waals surface area contributed by atoms with E-state index in [-0.39, 0.29) is 25.7 Å². The van der Waals surface area contributed by atoms with Crippen molar-refractivity contribution < 1.29 is 80.2 Å². The normalized spacial score (nSPS) is 14.6. The van der Waals surface area contributed by atoms with Crippen molar-refractivity contribution >= 4 is 39.5 Å². The fourth-order valence-electron chi connectivity index (χ4n) is 10.1. The quantitative estimate of drug-likeness (QED) is 0.0169. The number of ether oxygens (including phenoxy) is 4. The fraction of sp³-hybridized carbons (Fsp3) is 0.687. The molecule has 0 saturated carbocycles. The van der Waals surface area contributed by atoms with Crippen LogP contribution in [-0.2, 0) is 65.4 Å². The van der Waals surface area contributed by atoms with E-state index in [4.69, 9.17) is 37.0 Å². The van der Waals surface area contributed by atoms with Crippen molar-refractivity contribution in [2.45, 2.75) is 329 Å². The van der Waals surface area contributed by atoms with Gasteiger partial charge in [-0.05, 0) is 141 Å². The van der Waals surface area contributed by atoms with Crippen molar-refractivity contribution in [3.8, 4) is 0 Å². The molecule has 0 radical (unpaired) electrons. The van der Waals surface area contributed by atoms with Crippen molar-refractivity contribution in [2.75, 3.05) is 39.6 Å². The zero-order valence-corrected chi connectivity index (χ0v) is 65.5. The van der Waals surface area contributed by atoms with E-state index >= 15 is 0 Å². The molecule has 0 aromatic carbocycles. The van der Waals surface area contributed by atoms with E-state index in [9.17, 15) is 43.2 Å². The maximum atomic E-state index is 13.1. The molecule has 0 aromatic rings. The highest BCUT2D eigenvalue weighted by Crippen LogP contribution is 2.45. The van der Waals surface area contributed by atoms with Gasteiger partial charge in [0.05, 0.1) is 26.4 Å². The molecule has 5 unspecified atom stereocenters. The SMILES string of the molecule is CC/C=C\C/C=C\C/C=C\C/C=C\C/C=C\C/C=C\CCC(=O)OCC(COP(=O)(O)OCC(O)COP(=O)(O)OCC(COC(=O)CCCCCCC/C=C\CCCCCCCC)OC(=O)CCCCCCC/C=C\CCCC)OC(=O)CCCCCCCCC/C=C\C/C=C\C/C=C\CC. The molecule has 0 aromatic heterocycles. The van der Waals surface area contributed by atoms with Gasteiger partial charge in [-0.25, -0.2) is 9.13 Å². The van der Waals surface area contributed by atoms with E-state index in [0.29, 0.717) is 32.1 Å². The third kappa shape index (κ3) is 73.5. The number of unbranched alkanes of at least 4 members (excludes halogenated alkanes) is 25. The fourth-order valence-corrected chi connectivity index (χ4v) is 11.7. The highest BCUT2D eigenvalue weighted by atomic mass is 31.2. The molecule has 0 spiro atoms. The van der Waals surface area contributed by atoms with Crippen LogP contribution in [0.2, 0.25) is 0 Å². The Morgan fingerprint density at radius 1 is 0.284 bits per heavy atom. The van der Waals surface area contributed by atoms with Crippen LogP contribution in [0.1, 0.15) is 310 Å². The summed E-state index contributed by atoms with van der Waals surface area (Å²) >= 11 is 0. The lowest BCUT2D eigenvalue weighted by Crippen LogP contribution is -2.30. The number of carbonyl (C=O) groups is 4. The molecule has 0 aliphatic rings. The minimum atomic E-state index is -5.00. The summed E-state index contributed by atoms with van der Waals surface area (Å²) in [6.45, 7) is 4.50. The molecule has 0 fully saturated rings. The Hall–Kier alpha value is -4.80. The number of rotatable bonds is 73. The smallest absolute Gasteiger partial charge is 0.462 e. The monoisotopic (exact) mass is 1470 g/mol. The molecule has 19 heteroatoms. The summed E-state index contributed by atoms with van der Waals surface area (Å²) in [5.41, 5.74) is 0. The van der Waals surface area contributed by atoms with Gasteiger partial charge in [-0.15, -0.1) is 0 Å². The van der Waals surface area contributed by atoms with Crippen LogP contribution in [0.15, 0.2) is 134 Å². The summed E-state index contributed by atoms with van der Waals surface area (Å²) in [5, 5.41) is 10.6. The maximum absolute atomic E-state index is 13.1. The van der Waals surface area contributed by atoms with E-state index in [2.05, 4.69) is 143 Å². The zero-order chi connectivity index (χ0) is 74.6. The molecule has 17 nitrogen and oxygen atoms in total. The van der Waals surface area contributed by atoms with Crippen LogP contribution < -0.4 is 0 Å². The standard InChI is InChI=1S/C83H140O17P2/c1-5-9-13-17-21-25-29-32-35-37-38-40-42-45-49-52-56-60-64-68-81(86)94-74-79(100-83(88)70-66-62-58-54-50-46-43-39-36-33-30-26-22-18-14-10-6-2)76-98-102(91,92)96-72-77(84)71-95-101(89,90)97-75-78(99-82(87)69-65-61-57-53-47-28-24-20-16-12-8-4)73-93-80(85)67-63-59-55-51-48-44-41-34-31-27-23-19-15-11-7-3/h9-10,13-14,20-22,24-26,32-36,38,40-41,45,49,56,60,77-79,84H,5-8,11-12,15-19,23,27-31,37,39,42-44,46-48,50-55,57-59,61-76H2,1-4H3,(H,89,90)(H,91,92)/b13-9-,14-10-,24-20-,25-21-,26-22-,35-32-,36-33-,40-38-,41-34-,49-45-,60-56-. The van der Waals surface area contributed by atoms with Crippen LogP contribution in [0, 0.1) is 0 Å². The maximum Gasteiger partial charge on any atom is 0.472 e. The number of allylic oxidation sites excluding steroid dienone is 22. The number of carbonyl (C=O) groups excluding carboxylic acids is 4. The zero-order valence-electron chi connectivity index (χ0n) is 63.7. The van der Waals surface area contributed by atoms with Crippen LogP contribution in [0.4, 0.5) is 0 Å². The van der Waals surface area contributed by atoms with E-state index < -0.39 is 97.5 Å². The van der Waals surface area contributed by atoms with Crippen LogP contribution in [0.3, 0.4) is 0 Å². The molecule has 0 aliphatic carbocycles. The van der Waals surface area contributed by atoms with Gasteiger partial charge in [0, 0.05) is 25.7 Å². The Labute approximate surface area is 618 Å². The second-order valence-corrected chi connectivity index (χ2v) is 28.8. The van der Waals surface area contributed by atoms with E-state index in [1.165, 1.54) is 51.4 Å². The van der Waals surface area contributed by atoms with Crippen molar-refractivity contribution in [2.24, 2.45) is 0 Å². The van der Waals surface area contributed by atoms with Gasteiger partial charge in [-0.1, -0.05) is 277 Å². The molecule has 0 bridgehead atoms. The number of hydrogen-bond acceptors (Lipinski definition) is 15. The number of esters is 4. The van der Waals surface area contributed by atoms with Crippen molar-refractivity contribution in [3.05, 3.63) is 134 Å². The summed E-state index contributed by atoms with van der Waals surface area (Å²) < 4.78 is 68.4. The molecule has 0 heterocycles. The number of aliphatic hydroxyl groups is 1. The van der Waals surface area contributed by atoms with Gasteiger partial charge in [-0.2, -0.15) is 0 Å². The average Bonchev–Trinajstić information content (AvgIpc) is 0.921. The number of phosphoric acid groups is 2. The molecular formula is C83H140O17P2. The van der Waals surface area contributed by atoms with Gasteiger partial charge in [0.25, 0.3) is 0 Å². The molecule has 0 rings (SSSR count). The van der Waals surface area contributed by atoms with Gasteiger partial charge in [0.15, 0.2) is 12.2 Å². The lowest BCUT2D eigenvalue weighted by Gasteiger charge is -2.21. The largest absolute Gasteiger partial charge is 0.472 e. The first-order chi connectivity index (χ1) is 49.7. The second-order valence-electron chi connectivity index (χ2n) is 25.9. The topological polar surface area (TPSA) is 237 Å². The molecule has 0 aliphatic heterocycles. The summed E-state index contributed by atoms with van der Waals surface area (Å²) in [5.74, 6) is -2.30. The predicted molar refractivity (Wildman–Crippen MR) is 418 cm³/mol. The van der Waals surface area contributed by atoms with Gasteiger partial charge >= 0.3 is 39.5 Å². The number of phosphoric ester groups is 2. The summed E-state index contributed by atoms with van der Waals surface area (Å²) in [7, 11) is -9.98. The van der Waals surface area contributed by atoms with Crippen LogP contribution in [-0.4, -0.2) is 96.7 Å². The number of hydrogen-bond donors (Lipinski definition) is 3. The summed E-state index contributed by atoms with van der Waals surface area (Å²) in [6.07, 6.45) is 83.1. The highest BCUT2D eigenvalue weighted by Gasteiger charge is 2.30. The average molecular weight is 1470 g/mol. The van der Waals surface area contributed by atoms with Gasteiger partial charge in [0.2, 0.25) is 0 Å². The highest BCUT2D eigenvalue weighted by molar-refractivity contribution is 7.47. The molecule has 0 amide bonds. The first kappa shape index (κ1) is 97.2. The van der Waals surface area contributed by atoms with Crippen molar-refractivity contribution in [1.82, 2.24) is 0 Å². The first-order valence-corrected chi connectivity index (χ1v) is 42.4. The Morgan fingerprint density at radius 3 is 0.882 bits per heavy atom. The molecular weight excluding hydrogens is 1330 g/mol. The minimum absolute atomic E-state index is 0.0306. The second kappa shape index (κ2) is 74.5. The van der Waals surface area contributed by atoms with Crippen LogP contribution in [0.5, 0.6) is 0 Å². The van der Waals surface area contributed by atoms with E-state index in [0.717, 1.165) is 173 Å². The van der Waals surface area contributed by atoms with Crippen LogP contribution >= 0.6 is 15.6 Å². The van der Waals surface area contributed by atoms with Crippen molar-refractivity contribution in [3.63, 3.8) is 0 Å². The Kier molecular flexibility index (Phi) is 71.0. The van der Waals surface area contributed by atoms with Crippen LogP contribution in [0.25, 0.3) is 0 Å². The number of aliphatic hydroxyl groups excluding tert-OH is 1. The summed E-state index contributed by atoms with van der Waals surface area (Å²) in [6, 6.07) is 0. The summed E-state index contributed by atoms with van der Waals surface area (Å²) in [4.78, 5) is 72.9. The van der Waals surface area contributed by atoms with E-state index in [1.807, 2.05) is 18.2 Å². The Morgan fingerprint density at radius 2 is 0.539 bits per heavy atom. The predicted octanol–water partition coefficient (Wildman–Crippen LogP) is 22.9. The van der Waals surface area contributed by atoms with Gasteiger partial charge in [-0.3, -0.25) is 37.3 Å².